The van der Waals surface area contributed by atoms with Crippen LogP contribution in [0.1, 0.15) is 61.1 Å². The van der Waals surface area contributed by atoms with E-state index in [4.69, 9.17) is 0 Å². The van der Waals surface area contributed by atoms with Gasteiger partial charge >= 0.3 is 186 Å². The Morgan fingerprint density at radius 1 is 0.677 bits per heavy atom. The van der Waals surface area contributed by atoms with Crippen LogP contribution >= 0.6 is 0 Å². The Morgan fingerprint density at radius 3 is 1.65 bits per heavy atom. The van der Waals surface area contributed by atoms with Crippen molar-refractivity contribution in [2.75, 3.05) is 0 Å². The van der Waals surface area contributed by atoms with Crippen LogP contribution in [0.25, 0.3) is 0 Å². The SMILES string of the molecule is CC1=C(C)[C]([Ti+3])(C([SiH2]c2cc(C)cc(C)c2)c2cc(C)ccc2C)C(C)=C1C.[Cl-].[Cl-].[Cl-]. The molecule has 166 valence electrons. The molecule has 0 saturated heterocycles. The van der Waals surface area contributed by atoms with Gasteiger partial charge in [-0.2, -0.15) is 0 Å². The van der Waals surface area contributed by atoms with Gasteiger partial charge in [0.15, 0.2) is 0 Å². The van der Waals surface area contributed by atoms with Crippen LogP contribution in [-0.2, 0) is 20.4 Å². The van der Waals surface area contributed by atoms with Crippen LogP contribution in [0.2, 0.25) is 3.72 Å². The maximum absolute atomic E-state index is 2.51. The first kappa shape index (κ1) is 30.7. The minimum Gasteiger partial charge on any atom is -1.00 e. The predicted molar refractivity (Wildman–Crippen MR) is 122 cm³/mol. The van der Waals surface area contributed by atoms with Crippen LogP contribution in [0.3, 0.4) is 0 Å². The number of aryl methyl sites for hydroxylation is 4. The van der Waals surface area contributed by atoms with Crippen molar-refractivity contribution in [3.8, 4) is 0 Å². The standard InChI is InChI=1S/C26H33Si.3ClH.Ti/c1-15-9-10-18(4)24(14-15)26(25-21(7)19(5)20(6)22(25)8)27-23-12-16(2)11-17(3)13-23;;;;/h9-14,26H,27H2,1-8H3;3*1H;/q;;;;+3/p-3. The molecule has 0 radical (unpaired) electrons. The van der Waals surface area contributed by atoms with E-state index < -0.39 is 9.52 Å². The fraction of sp³-hybridized carbons (Fsp3) is 0.385. The summed E-state index contributed by atoms with van der Waals surface area (Å²) in [5, 5.41) is 1.59. The molecule has 1 atom stereocenters. The maximum Gasteiger partial charge on any atom is -1.00 e. The molecule has 0 saturated carbocycles. The van der Waals surface area contributed by atoms with Crippen LogP contribution in [0.5, 0.6) is 0 Å². The summed E-state index contributed by atoms with van der Waals surface area (Å²) < 4.78 is 0.122. The number of halogens is 3. The van der Waals surface area contributed by atoms with Crippen LogP contribution in [0.15, 0.2) is 58.7 Å². The molecule has 0 fully saturated rings. The topological polar surface area (TPSA) is 0 Å². The van der Waals surface area contributed by atoms with Gasteiger partial charge in [-0.15, -0.1) is 0 Å². The van der Waals surface area contributed by atoms with Gasteiger partial charge in [0.25, 0.3) is 0 Å². The van der Waals surface area contributed by atoms with E-state index in [1.165, 1.54) is 33.4 Å². The molecule has 2 aromatic carbocycles. The molecule has 0 nitrogen and oxygen atoms in total. The number of allylic oxidation sites excluding steroid dienone is 4. The monoisotopic (exact) mass is 526 g/mol. The largest absolute Gasteiger partial charge is 1.00 e. The summed E-state index contributed by atoms with van der Waals surface area (Å²) in [7, 11) is -0.539. The van der Waals surface area contributed by atoms with Gasteiger partial charge in [-0.25, -0.2) is 0 Å². The van der Waals surface area contributed by atoms with E-state index >= 15 is 0 Å². The average molecular weight is 528 g/mol. The van der Waals surface area contributed by atoms with Gasteiger partial charge in [0, 0.05) is 0 Å². The fourth-order valence-corrected chi connectivity index (χ4v) is 9.25. The van der Waals surface area contributed by atoms with Crippen molar-refractivity contribution in [1.29, 1.82) is 0 Å². The minimum absolute atomic E-state index is 0. The second-order valence-electron chi connectivity index (χ2n) is 8.92. The van der Waals surface area contributed by atoms with Gasteiger partial charge in [-0.3, -0.25) is 0 Å². The van der Waals surface area contributed by atoms with Crippen molar-refractivity contribution in [3.63, 3.8) is 0 Å². The van der Waals surface area contributed by atoms with Gasteiger partial charge in [0.1, 0.15) is 0 Å². The molecule has 2 aromatic rings. The summed E-state index contributed by atoms with van der Waals surface area (Å²) in [6.07, 6.45) is 0. The molecule has 31 heavy (non-hydrogen) atoms. The van der Waals surface area contributed by atoms with Crippen molar-refractivity contribution >= 4 is 14.7 Å². The smallest absolute Gasteiger partial charge is 1.00 e. The molecule has 0 bridgehead atoms. The molecule has 3 rings (SSSR count). The summed E-state index contributed by atoms with van der Waals surface area (Å²) in [5.41, 5.74) is 13.9. The third-order valence-corrected chi connectivity index (χ3v) is 11.6. The summed E-state index contributed by atoms with van der Waals surface area (Å²) >= 11 is 2.51. The minimum atomic E-state index is -0.539. The normalized spacial score (nSPS) is 16.2. The molecule has 0 aliphatic heterocycles. The molecular weight excluding hydrogens is 495 g/mol. The molecule has 5 heteroatoms. The van der Waals surface area contributed by atoms with E-state index in [2.05, 4.69) is 112 Å². The first-order chi connectivity index (χ1) is 13.1. The zero-order valence-corrected chi connectivity index (χ0v) is 25.1. The third-order valence-electron chi connectivity index (χ3n) is 6.92. The van der Waals surface area contributed by atoms with Crippen molar-refractivity contribution < 1.29 is 57.7 Å². The zero-order chi connectivity index (χ0) is 20.8. The molecule has 0 aromatic heterocycles. The second kappa shape index (κ2) is 11.7. The van der Waals surface area contributed by atoms with E-state index in [-0.39, 0.29) is 40.9 Å². The van der Waals surface area contributed by atoms with E-state index in [0.29, 0.717) is 5.54 Å². The van der Waals surface area contributed by atoms with Crippen LogP contribution in [-0.4, -0.2) is 9.52 Å². The molecule has 0 amide bonds. The maximum atomic E-state index is 2.51. The van der Waals surface area contributed by atoms with E-state index in [0.717, 1.165) is 0 Å². The summed E-state index contributed by atoms with van der Waals surface area (Å²) in [6.45, 7) is 18.4. The number of rotatable bonds is 4. The van der Waals surface area contributed by atoms with Crippen LogP contribution in [0, 0.1) is 27.7 Å². The van der Waals surface area contributed by atoms with Gasteiger partial charge in [0.05, 0.1) is 0 Å². The Hall–Kier alpha value is -0.279. The summed E-state index contributed by atoms with van der Waals surface area (Å²) in [4.78, 5) is 0. The quantitative estimate of drug-likeness (QED) is 0.369. The number of hydrogen-bond acceptors (Lipinski definition) is 0. The first-order valence-electron chi connectivity index (χ1n) is 10.3. The Morgan fingerprint density at radius 2 is 1.16 bits per heavy atom. The van der Waals surface area contributed by atoms with Gasteiger partial charge < -0.3 is 37.2 Å². The molecule has 1 aliphatic carbocycles. The number of benzene rings is 2. The zero-order valence-electron chi connectivity index (χ0n) is 19.9. The molecule has 1 aliphatic rings. The summed E-state index contributed by atoms with van der Waals surface area (Å²) in [6, 6.07) is 14.2. The fourth-order valence-electron chi connectivity index (χ4n) is 5.01. The van der Waals surface area contributed by atoms with Gasteiger partial charge in [-0.1, -0.05) is 0 Å². The van der Waals surface area contributed by atoms with Gasteiger partial charge in [0.2, 0.25) is 0 Å². The molecular formula is C26H33Cl3SiTi. The van der Waals surface area contributed by atoms with Crippen molar-refractivity contribution in [2.45, 2.75) is 64.7 Å². The molecule has 1 unspecified atom stereocenters. The van der Waals surface area contributed by atoms with Crippen molar-refractivity contribution in [1.82, 2.24) is 0 Å². The van der Waals surface area contributed by atoms with Crippen LogP contribution < -0.4 is 42.4 Å². The third kappa shape index (κ3) is 5.81. The number of hydrogen-bond donors (Lipinski definition) is 0. The predicted octanol–water partition coefficient (Wildman–Crippen LogP) is -3.14. The Kier molecular flexibility index (Phi) is 11.6. The van der Waals surface area contributed by atoms with Gasteiger partial charge in [-0.05, 0) is 0 Å². The van der Waals surface area contributed by atoms with E-state index in [1.807, 2.05) is 0 Å². The van der Waals surface area contributed by atoms with E-state index in [1.54, 1.807) is 21.9 Å². The van der Waals surface area contributed by atoms with Crippen LogP contribution in [0.4, 0.5) is 0 Å². The Bertz CT molecular complexity index is 963. The van der Waals surface area contributed by atoms with Crippen molar-refractivity contribution in [3.05, 3.63) is 86.5 Å². The first-order valence-corrected chi connectivity index (χ1v) is 12.6. The molecule has 0 N–H and O–H groups in total. The Labute approximate surface area is 222 Å². The second-order valence-corrected chi connectivity index (χ2v) is 12.2. The van der Waals surface area contributed by atoms with Crippen molar-refractivity contribution in [2.24, 2.45) is 0 Å². The van der Waals surface area contributed by atoms with E-state index in [9.17, 15) is 0 Å². The Balaban J connectivity index is 0.00000300. The molecule has 0 spiro atoms. The average Bonchev–Trinajstić information content (AvgIpc) is 2.77. The summed E-state index contributed by atoms with van der Waals surface area (Å²) in [5.74, 6) is 0. The molecule has 0 heterocycles.